The Kier molecular flexibility index (Phi) is 3.97. The maximum absolute atomic E-state index is 13.8. The van der Waals surface area contributed by atoms with Gasteiger partial charge in [0.1, 0.15) is 5.82 Å². The standard InChI is InChI=1S/C14H18FNO2/c1-9-3-2-4-12(13(9)15)14(18)16-10-5-7-11(17)8-6-10/h2-4,10-11,17H,5-8H2,1H3,(H,16,18). The van der Waals surface area contributed by atoms with Crippen LogP contribution in [0.4, 0.5) is 4.39 Å². The van der Waals surface area contributed by atoms with Crippen molar-refractivity contribution in [1.29, 1.82) is 0 Å². The van der Waals surface area contributed by atoms with Crippen molar-refractivity contribution < 1.29 is 14.3 Å². The third-order valence-corrected chi connectivity index (χ3v) is 3.47. The van der Waals surface area contributed by atoms with Crippen molar-refractivity contribution in [3.05, 3.63) is 35.1 Å². The fourth-order valence-electron chi connectivity index (χ4n) is 2.31. The Morgan fingerprint density at radius 1 is 1.33 bits per heavy atom. The zero-order valence-electron chi connectivity index (χ0n) is 10.4. The van der Waals surface area contributed by atoms with Crippen LogP contribution in [0.2, 0.25) is 0 Å². The molecule has 1 fully saturated rings. The molecule has 0 spiro atoms. The van der Waals surface area contributed by atoms with E-state index < -0.39 is 5.82 Å². The van der Waals surface area contributed by atoms with Crippen LogP contribution >= 0.6 is 0 Å². The van der Waals surface area contributed by atoms with Gasteiger partial charge < -0.3 is 10.4 Å². The van der Waals surface area contributed by atoms with Crippen molar-refractivity contribution in [2.24, 2.45) is 0 Å². The number of benzene rings is 1. The Morgan fingerprint density at radius 3 is 2.67 bits per heavy atom. The van der Waals surface area contributed by atoms with Crippen LogP contribution < -0.4 is 5.32 Å². The van der Waals surface area contributed by atoms with Gasteiger partial charge in [-0.05, 0) is 44.2 Å². The Labute approximate surface area is 106 Å². The summed E-state index contributed by atoms with van der Waals surface area (Å²) in [6.07, 6.45) is 2.64. The van der Waals surface area contributed by atoms with Crippen molar-refractivity contribution in [3.63, 3.8) is 0 Å². The zero-order valence-corrected chi connectivity index (χ0v) is 10.4. The summed E-state index contributed by atoms with van der Waals surface area (Å²) in [7, 11) is 0. The molecule has 0 bridgehead atoms. The van der Waals surface area contributed by atoms with Gasteiger partial charge in [-0.25, -0.2) is 4.39 Å². The van der Waals surface area contributed by atoms with Gasteiger partial charge in [0, 0.05) is 6.04 Å². The van der Waals surface area contributed by atoms with Crippen LogP contribution in [0.1, 0.15) is 41.6 Å². The minimum atomic E-state index is -0.453. The number of hydrogen-bond donors (Lipinski definition) is 2. The predicted octanol–water partition coefficient (Wildman–Crippen LogP) is 2.17. The average molecular weight is 251 g/mol. The van der Waals surface area contributed by atoms with Gasteiger partial charge >= 0.3 is 0 Å². The highest BCUT2D eigenvalue weighted by Gasteiger charge is 2.22. The number of aryl methyl sites for hydroxylation is 1. The molecule has 0 atom stereocenters. The summed E-state index contributed by atoms with van der Waals surface area (Å²) in [6.45, 7) is 1.64. The SMILES string of the molecule is Cc1cccc(C(=O)NC2CCC(O)CC2)c1F. The molecular formula is C14H18FNO2. The summed E-state index contributed by atoms with van der Waals surface area (Å²) in [5.74, 6) is -0.816. The molecule has 0 saturated heterocycles. The Hall–Kier alpha value is -1.42. The van der Waals surface area contributed by atoms with Crippen LogP contribution in [-0.4, -0.2) is 23.2 Å². The first-order valence-corrected chi connectivity index (χ1v) is 6.32. The minimum absolute atomic E-state index is 0.0424. The minimum Gasteiger partial charge on any atom is -0.393 e. The fourth-order valence-corrected chi connectivity index (χ4v) is 2.31. The summed E-state index contributed by atoms with van der Waals surface area (Å²) >= 11 is 0. The van der Waals surface area contributed by atoms with Gasteiger partial charge in [-0.15, -0.1) is 0 Å². The third-order valence-electron chi connectivity index (χ3n) is 3.47. The Bertz CT molecular complexity index is 439. The lowest BCUT2D eigenvalue weighted by Gasteiger charge is -2.26. The highest BCUT2D eigenvalue weighted by molar-refractivity contribution is 5.94. The molecule has 1 saturated carbocycles. The second-order valence-electron chi connectivity index (χ2n) is 4.92. The maximum atomic E-state index is 13.8. The fraction of sp³-hybridized carbons (Fsp3) is 0.500. The van der Waals surface area contributed by atoms with Crippen LogP contribution in [0.5, 0.6) is 0 Å². The van der Waals surface area contributed by atoms with E-state index in [-0.39, 0.29) is 23.6 Å². The lowest BCUT2D eigenvalue weighted by molar-refractivity contribution is 0.0864. The van der Waals surface area contributed by atoms with Crippen LogP contribution in [0.25, 0.3) is 0 Å². The Balaban J connectivity index is 2.01. The summed E-state index contributed by atoms with van der Waals surface area (Å²) in [5, 5.41) is 12.2. The first-order chi connectivity index (χ1) is 8.58. The van der Waals surface area contributed by atoms with Crippen molar-refractivity contribution in [2.45, 2.75) is 44.8 Å². The first-order valence-electron chi connectivity index (χ1n) is 6.32. The molecule has 1 aromatic rings. The van der Waals surface area contributed by atoms with E-state index in [1.165, 1.54) is 6.07 Å². The summed E-state index contributed by atoms with van der Waals surface area (Å²) in [6, 6.07) is 4.86. The van der Waals surface area contributed by atoms with Gasteiger partial charge in [-0.1, -0.05) is 12.1 Å². The number of aliphatic hydroxyl groups is 1. The van der Waals surface area contributed by atoms with Crippen LogP contribution in [-0.2, 0) is 0 Å². The molecular weight excluding hydrogens is 233 g/mol. The predicted molar refractivity (Wildman–Crippen MR) is 66.9 cm³/mol. The summed E-state index contributed by atoms with van der Waals surface area (Å²) in [4.78, 5) is 12.0. The van der Waals surface area contributed by atoms with Gasteiger partial charge in [0.15, 0.2) is 0 Å². The van der Waals surface area contributed by atoms with E-state index in [0.29, 0.717) is 18.4 Å². The second kappa shape index (κ2) is 5.48. The number of carbonyl (C=O) groups excluding carboxylic acids is 1. The van der Waals surface area contributed by atoms with E-state index in [2.05, 4.69) is 5.32 Å². The highest BCUT2D eigenvalue weighted by atomic mass is 19.1. The lowest BCUT2D eigenvalue weighted by Crippen LogP contribution is -2.38. The molecule has 4 heteroatoms. The molecule has 0 radical (unpaired) electrons. The molecule has 1 aliphatic carbocycles. The summed E-state index contributed by atoms with van der Waals surface area (Å²) in [5.41, 5.74) is 0.572. The van der Waals surface area contributed by atoms with Crippen molar-refractivity contribution >= 4 is 5.91 Å². The zero-order chi connectivity index (χ0) is 13.1. The molecule has 1 amide bonds. The number of rotatable bonds is 2. The molecule has 0 unspecified atom stereocenters. The van der Waals surface area contributed by atoms with E-state index in [4.69, 9.17) is 0 Å². The molecule has 2 rings (SSSR count). The second-order valence-corrected chi connectivity index (χ2v) is 4.92. The van der Waals surface area contributed by atoms with E-state index in [0.717, 1.165) is 12.8 Å². The number of nitrogens with one attached hydrogen (secondary N) is 1. The van der Waals surface area contributed by atoms with Crippen LogP contribution in [0, 0.1) is 12.7 Å². The Morgan fingerprint density at radius 2 is 2.00 bits per heavy atom. The largest absolute Gasteiger partial charge is 0.393 e. The average Bonchev–Trinajstić information content (AvgIpc) is 2.35. The first kappa shape index (κ1) is 13.0. The molecule has 0 aliphatic heterocycles. The van der Waals surface area contributed by atoms with E-state index in [1.54, 1.807) is 19.1 Å². The number of hydrogen-bond acceptors (Lipinski definition) is 2. The van der Waals surface area contributed by atoms with E-state index in [9.17, 15) is 14.3 Å². The topological polar surface area (TPSA) is 49.3 Å². The van der Waals surface area contributed by atoms with Crippen molar-refractivity contribution in [2.75, 3.05) is 0 Å². The summed E-state index contributed by atoms with van der Waals surface area (Å²) < 4.78 is 13.8. The number of halogens is 1. The molecule has 1 aliphatic rings. The van der Waals surface area contributed by atoms with Gasteiger partial charge in [0.05, 0.1) is 11.7 Å². The van der Waals surface area contributed by atoms with Crippen LogP contribution in [0.15, 0.2) is 18.2 Å². The normalized spacial score (nSPS) is 23.7. The number of amides is 1. The van der Waals surface area contributed by atoms with Gasteiger partial charge in [0.25, 0.3) is 5.91 Å². The maximum Gasteiger partial charge on any atom is 0.254 e. The molecule has 18 heavy (non-hydrogen) atoms. The van der Waals surface area contributed by atoms with Crippen molar-refractivity contribution in [3.8, 4) is 0 Å². The quantitative estimate of drug-likeness (QED) is 0.846. The smallest absolute Gasteiger partial charge is 0.254 e. The molecule has 98 valence electrons. The third kappa shape index (κ3) is 2.88. The van der Waals surface area contributed by atoms with Gasteiger partial charge in [-0.2, -0.15) is 0 Å². The van der Waals surface area contributed by atoms with E-state index in [1.807, 2.05) is 0 Å². The van der Waals surface area contributed by atoms with Gasteiger partial charge in [0.2, 0.25) is 0 Å². The van der Waals surface area contributed by atoms with Crippen molar-refractivity contribution in [1.82, 2.24) is 5.32 Å². The number of aliphatic hydroxyl groups excluding tert-OH is 1. The molecule has 3 nitrogen and oxygen atoms in total. The molecule has 2 N–H and O–H groups in total. The molecule has 1 aromatic carbocycles. The molecule has 0 heterocycles. The molecule has 0 aromatic heterocycles. The highest BCUT2D eigenvalue weighted by Crippen LogP contribution is 2.19. The monoisotopic (exact) mass is 251 g/mol. The van der Waals surface area contributed by atoms with Gasteiger partial charge in [-0.3, -0.25) is 4.79 Å². The van der Waals surface area contributed by atoms with Crippen LogP contribution in [0.3, 0.4) is 0 Å². The van der Waals surface area contributed by atoms with E-state index >= 15 is 0 Å². The lowest BCUT2D eigenvalue weighted by atomic mass is 9.93. The number of carbonyl (C=O) groups is 1.